The van der Waals surface area contributed by atoms with E-state index in [0.717, 1.165) is 29.6 Å². The summed E-state index contributed by atoms with van der Waals surface area (Å²) in [6.45, 7) is 4.29. The molecule has 3 saturated carbocycles. The van der Waals surface area contributed by atoms with E-state index in [1.165, 1.54) is 57.4 Å². The lowest BCUT2D eigenvalue weighted by Gasteiger charge is -2.54. The molecule has 7 atom stereocenters. The normalized spacial score (nSPS) is 43.8. The van der Waals surface area contributed by atoms with Crippen LogP contribution in [0.25, 0.3) is 0 Å². The van der Waals surface area contributed by atoms with Crippen molar-refractivity contribution < 1.29 is 9.53 Å². The molecule has 0 aromatic rings. The van der Waals surface area contributed by atoms with Gasteiger partial charge < -0.3 is 4.74 Å². The summed E-state index contributed by atoms with van der Waals surface area (Å²) in [4.78, 5) is 11.5. The number of carbonyl (C=O) groups is 1. The quantitative estimate of drug-likeness (QED) is 0.269. The van der Waals surface area contributed by atoms with Crippen LogP contribution in [-0.4, -0.2) is 5.97 Å². The zero-order valence-electron chi connectivity index (χ0n) is 16.2. The summed E-state index contributed by atoms with van der Waals surface area (Å²) in [6.07, 6.45) is 21.4. The largest absolute Gasteiger partial charge is 0.369 e. The van der Waals surface area contributed by atoms with E-state index < -0.39 is 0 Å². The minimum Gasteiger partial charge on any atom is -0.369 e. The summed E-state index contributed by atoms with van der Waals surface area (Å²) in [5.74, 6) is 7.91. The Hall–Kier alpha value is -1.49. The highest BCUT2D eigenvalue weighted by atomic mass is 16.5. The number of carbonyl (C=O) groups excluding carboxylic acids is 1. The van der Waals surface area contributed by atoms with E-state index in [1.807, 2.05) is 6.92 Å². The fourth-order valence-corrected chi connectivity index (χ4v) is 6.98. The molecule has 0 saturated heterocycles. The van der Waals surface area contributed by atoms with Gasteiger partial charge in [-0.25, -0.2) is 4.79 Å². The van der Waals surface area contributed by atoms with Crippen molar-refractivity contribution in [2.75, 3.05) is 0 Å². The van der Waals surface area contributed by atoms with Gasteiger partial charge in [-0.3, -0.25) is 0 Å². The number of rotatable bonds is 1. The maximum absolute atomic E-state index is 11.5. The first-order valence-corrected chi connectivity index (χ1v) is 10.6. The first kappa shape index (κ1) is 17.9. The van der Waals surface area contributed by atoms with Crippen LogP contribution in [0.15, 0.2) is 24.3 Å². The molecule has 2 nitrogen and oxygen atoms in total. The highest BCUT2D eigenvalue weighted by molar-refractivity contribution is 5.82. The van der Waals surface area contributed by atoms with E-state index in [4.69, 9.17) is 4.74 Å². The first-order valence-electron chi connectivity index (χ1n) is 10.6. The minimum atomic E-state index is -0.355. The first-order chi connectivity index (χ1) is 12.6. The van der Waals surface area contributed by atoms with Crippen LogP contribution < -0.4 is 0 Å². The molecule has 0 aliphatic heterocycles. The molecule has 4 aliphatic carbocycles. The zero-order chi connectivity index (χ0) is 18.1. The van der Waals surface area contributed by atoms with Crippen molar-refractivity contribution in [2.45, 2.75) is 65.2 Å². The number of esters is 1. The Balaban J connectivity index is 1.47. The van der Waals surface area contributed by atoms with Crippen LogP contribution >= 0.6 is 0 Å². The molecule has 3 fully saturated rings. The van der Waals surface area contributed by atoms with Gasteiger partial charge in [0, 0.05) is 12.0 Å². The summed E-state index contributed by atoms with van der Waals surface area (Å²) in [7, 11) is 0. The van der Waals surface area contributed by atoms with Crippen LogP contribution in [0.5, 0.6) is 0 Å². The summed E-state index contributed by atoms with van der Waals surface area (Å²) in [5, 5.41) is 0. The fourth-order valence-electron chi connectivity index (χ4n) is 6.98. The summed E-state index contributed by atoms with van der Waals surface area (Å²) in [5.41, 5.74) is 0.318. The minimum absolute atomic E-state index is 0.318. The standard InChI is InChI=1S/C24H32O2/c1-3-6-23(25)26-16-14-18-10-12-22-21-11-9-17-7-4-5-8-19(17)20(21)13-15-24(18,22)2/h3-6,17-22H,7-13,15H2,1-2H3/t17?,18-,19-,20+,21+,22-,24+/m0/s1. The number of allylic oxidation sites excluding steroid dienone is 3. The highest BCUT2D eigenvalue weighted by Gasteiger charge is 2.56. The molecule has 0 aromatic heterocycles. The van der Waals surface area contributed by atoms with Gasteiger partial charge in [-0.1, -0.05) is 31.1 Å². The van der Waals surface area contributed by atoms with Gasteiger partial charge in [0.2, 0.25) is 0 Å². The lowest BCUT2D eigenvalue weighted by molar-refractivity contribution is -0.131. The van der Waals surface area contributed by atoms with Crippen molar-refractivity contribution in [3.63, 3.8) is 0 Å². The average Bonchev–Trinajstić information content (AvgIpc) is 2.98. The maximum Gasteiger partial charge on any atom is 0.344 e. The van der Waals surface area contributed by atoms with E-state index >= 15 is 0 Å². The fraction of sp³-hybridized carbons (Fsp3) is 0.708. The number of hydrogen-bond donors (Lipinski definition) is 0. The predicted octanol–water partition coefficient (Wildman–Crippen LogP) is 5.50. The maximum atomic E-state index is 11.5. The molecule has 4 rings (SSSR count). The second-order valence-corrected chi connectivity index (χ2v) is 9.22. The second-order valence-electron chi connectivity index (χ2n) is 9.22. The van der Waals surface area contributed by atoms with Crippen LogP contribution in [0.3, 0.4) is 0 Å². The van der Waals surface area contributed by atoms with Gasteiger partial charge in [-0.05, 0) is 93.3 Å². The molecule has 26 heavy (non-hydrogen) atoms. The van der Waals surface area contributed by atoms with E-state index in [-0.39, 0.29) is 5.97 Å². The number of ether oxygens (including phenoxy) is 1. The molecule has 2 heteroatoms. The molecule has 1 unspecified atom stereocenters. The van der Waals surface area contributed by atoms with Crippen molar-refractivity contribution in [3.8, 4) is 12.0 Å². The van der Waals surface area contributed by atoms with Crippen molar-refractivity contribution >= 4 is 5.97 Å². The molecule has 0 spiro atoms. The molecule has 0 heterocycles. The van der Waals surface area contributed by atoms with Gasteiger partial charge in [-0.15, -0.1) is 0 Å². The predicted molar refractivity (Wildman–Crippen MR) is 104 cm³/mol. The van der Waals surface area contributed by atoms with E-state index in [1.54, 1.807) is 6.08 Å². The van der Waals surface area contributed by atoms with Crippen LogP contribution in [0, 0.1) is 52.9 Å². The highest BCUT2D eigenvalue weighted by Crippen LogP contribution is 2.63. The van der Waals surface area contributed by atoms with Gasteiger partial charge in [0.15, 0.2) is 0 Å². The number of fused-ring (bicyclic) bond motifs is 5. The molecule has 140 valence electrons. The van der Waals surface area contributed by atoms with E-state index in [2.05, 4.69) is 31.1 Å². The third kappa shape index (κ3) is 3.04. The van der Waals surface area contributed by atoms with Gasteiger partial charge in [0.05, 0.1) is 0 Å². The van der Waals surface area contributed by atoms with Crippen LogP contribution in [0.4, 0.5) is 0 Å². The molecule has 0 amide bonds. The van der Waals surface area contributed by atoms with Gasteiger partial charge >= 0.3 is 5.97 Å². The molecule has 0 radical (unpaired) electrons. The molecule has 0 aromatic carbocycles. The van der Waals surface area contributed by atoms with E-state index in [0.29, 0.717) is 11.3 Å². The van der Waals surface area contributed by atoms with Crippen LogP contribution in [0.1, 0.15) is 65.2 Å². The van der Waals surface area contributed by atoms with Crippen molar-refractivity contribution in [3.05, 3.63) is 24.3 Å². The lowest BCUT2D eigenvalue weighted by atomic mass is 9.50. The Labute approximate surface area is 158 Å². The smallest absolute Gasteiger partial charge is 0.344 e. The van der Waals surface area contributed by atoms with Crippen LogP contribution in [0.2, 0.25) is 0 Å². The second kappa shape index (κ2) is 7.26. The topological polar surface area (TPSA) is 26.3 Å². The zero-order valence-corrected chi connectivity index (χ0v) is 16.2. The lowest BCUT2D eigenvalue weighted by Crippen LogP contribution is -2.47. The number of hydrogen-bond acceptors (Lipinski definition) is 2. The Morgan fingerprint density at radius 3 is 2.77 bits per heavy atom. The Kier molecular flexibility index (Phi) is 5.00. The molecular weight excluding hydrogens is 320 g/mol. The molecule has 0 N–H and O–H groups in total. The average molecular weight is 353 g/mol. The third-order valence-corrected chi connectivity index (χ3v) is 8.22. The molecule has 0 bridgehead atoms. The monoisotopic (exact) mass is 352 g/mol. The Morgan fingerprint density at radius 2 is 1.92 bits per heavy atom. The van der Waals surface area contributed by atoms with Gasteiger partial charge in [0.1, 0.15) is 6.11 Å². The Bertz CT molecular complexity index is 663. The van der Waals surface area contributed by atoms with Crippen molar-refractivity contribution in [1.29, 1.82) is 0 Å². The SMILES string of the molecule is CC=CC(=O)OC#C[C@@H]1CC[C@H]2[C@@H]3CCC4CC=CC[C@@H]4[C@H]3CC[C@]12C. The van der Waals surface area contributed by atoms with Crippen molar-refractivity contribution in [2.24, 2.45) is 40.9 Å². The molecule has 4 aliphatic rings. The summed E-state index contributed by atoms with van der Waals surface area (Å²) < 4.78 is 5.05. The third-order valence-electron chi connectivity index (χ3n) is 8.22. The van der Waals surface area contributed by atoms with Gasteiger partial charge in [-0.2, -0.15) is 0 Å². The van der Waals surface area contributed by atoms with Gasteiger partial charge in [0.25, 0.3) is 0 Å². The van der Waals surface area contributed by atoms with E-state index in [9.17, 15) is 4.79 Å². The molecular formula is C24H32O2. The van der Waals surface area contributed by atoms with Crippen molar-refractivity contribution in [1.82, 2.24) is 0 Å². The van der Waals surface area contributed by atoms with Crippen LogP contribution in [-0.2, 0) is 9.53 Å². The summed E-state index contributed by atoms with van der Waals surface area (Å²) >= 11 is 0. The summed E-state index contributed by atoms with van der Waals surface area (Å²) in [6, 6.07) is 0. The Morgan fingerprint density at radius 1 is 1.08 bits per heavy atom.